The Morgan fingerprint density at radius 2 is 1.75 bits per heavy atom. The van der Waals surface area contributed by atoms with Gasteiger partial charge in [0.2, 0.25) is 0 Å². The van der Waals surface area contributed by atoms with Crippen molar-refractivity contribution in [2.45, 2.75) is 71.8 Å². The molecule has 0 heterocycles. The minimum atomic E-state index is 0.653. The molecule has 0 aromatic carbocycles. The van der Waals surface area contributed by atoms with Crippen LogP contribution in [0.4, 0.5) is 0 Å². The fourth-order valence-electron chi connectivity index (χ4n) is 3.64. The Balaban J connectivity index is 1.89. The van der Waals surface area contributed by atoms with E-state index in [0.717, 1.165) is 24.4 Å². The summed E-state index contributed by atoms with van der Waals surface area (Å²) in [4.78, 5) is 0. The van der Waals surface area contributed by atoms with E-state index >= 15 is 0 Å². The van der Waals surface area contributed by atoms with Crippen LogP contribution < -0.4 is 5.32 Å². The third-order valence-electron chi connectivity index (χ3n) is 5.15. The number of hydrogen-bond acceptors (Lipinski definition) is 1. The topological polar surface area (TPSA) is 12.0 Å². The molecule has 0 amide bonds. The fraction of sp³-hybridized carbons (Fsp3) is 1.00. The summed E-state index contributed by atoms with van der Waals surface area (Å²) in [5.74, 6) is 2.00. The summed E-state index contributed by atoms with van der Waals surface area (Å²) in [6, 6.07) is 0.815. The van der Waals surface area contributed by atoms with Crippen LogP contribution in [-0.4, -0.2) is 12.6 Å². The van der Waals surface area contributed by atoms with Gasteiger partial charge in [-0.15, -0.1) is 0 Å². The summed E-state index contributed by atoms with van der Waals surface area (Å²) in [6.07, 6.45) is 10.2. The van der Waals surface area contributed by atoms with Crippen molar-refractivity contribution in [1.29, 1.82) is 0 Å². The highest BCUT2D eigenvalue weighted by Gasteiger charge is 2.47. The molecule has 0 aliphatic heterocycles. The van der Waals surface area contributed by atoms with E-state index in [4.69, 9.17) is 0 Å². The highest BCUT2D eigenvalue weighted by molar-refractivity contribution is 5.02. The molecule has 0 saturated heterocycles. The standard InChI is InChI=1S/C15H29N/c1-4-12-6-8-13(9-7-12)14(16-5-2)15(3)10-11-15/h12-14,16H,4-11H2,1-3H3. The van der Waals surface area contributed by atoms with Gasteiger partial charge in [0.15, 0.2) is 0 Å². The van der Waals surface area contributed by atoms with E-state index in [1.807, 2.05) is 0 Å². The van der Waals surface area contributed by atoms with Crippen LogP contribution in [0, 0.1) is 17.3 Å². The molecular formula is C15H29N. The van der Waals surface area contributed by atoms with Crippen LogP contribution in [-0.2, 0) is 0 Å². The van der Waals surface area contributed by atoms with Gasteiger partial charge in [0.1, 0.15) is 0 Å². The van der Waals surface area contributed by atoms with Gasteiger partial charge in [0.05, 0.1) is 0 Å². The smallest absolute Gasteiger partial charge is 0.0149 e. The first kappa shape index (κ1) is 12.4. The lowest BCUT2D eigenvalue weighted by atomic mass is 9.73. The van der Waals surface area contributed by atoms with Gasteiger partial charge in [0.25, 0.3) is 0 Å². The van der Waals surface area contributed by atoms with Crippen LogP contribution >= 0.6 is 0 Å². The number of hydrogen-bond donors (Lipinski definition) is 1. The normalized spacial score (nSPS) is 34.7. The zero-order valence-electron chi connectivity index (χ0n) is 11.4. The zero-order valence-corrected chi connectivity index (χ0v) is 11.4. The summed E-state index contributed by atoms with van der Waals surface area (Å²) < 4.78 is 0. The molecule has 0 bridgehead atoms. The Hall–Kier alpha value is -0.0400. The molecule has 2 fully saturated rings. The molecular weight excluding hydrogens is 194 g/mol. The molecule has 1 nitrogen and oxygen atoms in total. The monoisotopic (exact) mass is 223 g/mol. The van der Waals surface area contributed by atoms with E-state index in [-0.39, 0.29) is 0 Å². The molecule has 2 aliphatic carbocycles. The van der Waals surface area contributed by atoms with Gasteiger partial charge in [-0.1, -0.05) is 40.0 Å². The highest BCUT2D eigenvalue weighted by Crippen LogP contribution is 2.52. The second kappa shape index (κ2) is 5.08. The van der Waals surface area contributed by atoms with Crippen molar-refractivity contribution in [1.82, 2.24) is 5.32 Å². The third kappa shape index (κ3) is 2.61. The summed E-state index contributed by atoms with van der Waals surface area (Å²) in [5, 5.41) is 3.79. The van der Waals surface area contributed by atoms with Gasteiger partial charge in [-0.3, -0.25) is 0 Å². The molecule has 0 spiro atoms. The van der Waals surface area contributed by atoms with Crippen LogP contribution in [0.15, 0.2) is 0 Å². The summed E-state index contributed by atoms with van der Waals surface area (Å²) in [7, 11) is 0. The molecule has 0 radical (unpaired) electrons. The van der Waals surface area contributed by atoms with Crippen molar-refractivity contribution in [3.05, 3.63) is 0 Å². The number of nitrogens with one attached hydrogen (secondary N) is 1. The van der Waals surface area contributed by atoms with Crippen molar-refractivity contribution in [3.63, 3.8) is 0 Å². The molecule has 2 aliphatic rings. The maximum atomic E-state index is 3.79. The second-order valence-electron chi connectivity index (χ2n) is 6.38. The minimum absolute atomic E-state index is 0.653. The molecule has 0 aromatic rings. The quantitative estimate of drug-likeness (QED) is 0.743. The molecule has 0 aromatic heterocycles. The highest BCUT2D eigenvalue weighted by atomic mass is 14.9. The molecule has 2 rings (SSSR count). The van der Waals surface area contributed by atoms with Crippen LogP contribution in [0.25, 0.3) is 0 Å². The van der Waals surface area contributed by atoms with Crippen molar-refractivity contribution in [3.8, 4) is 0 Å². The third-order valence-corrected chi connectivity index (χ3v) is 5.15. The van der Waals surface area contributed by atoms with E-state index < -0.39 is 0 Å². The Bertz CT molecular complexity index is 211. The predicted octanol–water partition coefficient (Wildman–Crippen LogP) is 3.98. The van der Waals surface area contributed by atoms with Crippen LogP contribution in [0.5, 0.6) is 0 Å². The molecule has 16 heavy (non-hydrogen) atoms. The van der Waals surface area contributed by atoms with Gasteiger partial charge < -0.3 is 5.32 Å². The van der Waals surface area contributed by atoms with Crippen LogP contribution in [0.3, 0.4) is 0 Å². The van der Waals surface area contributed by atoms with E-state index in [2.05, 4.69) is 26.1 Å². The number of rotatable bonds is 5. The Morgan fingerprint density at radius 3 is 2.19 bits per heavy atom. The molecule has 1 unspecified atom stereocenters. The minimum Gasteiger partial charge on any atom is -0.313 e. The predicted molar refractivity (Wildman–Crippen MR) is 70.5 cm³/mol. The second-order valence-corrected chi connectivity index (χ2v) is 6.38. The Morgan fingerprint density at radius 1 is 1.12 bits per heavy atom. The first-order valence-electron chi connectivity index (χ1n) is 7.43. The first-order chi connectivity index (χ1) is 7.69. The van der Waals surface area contributed by atoms with E-state index in [0.29, 0.717) is 5.41 Å². The zero-order chi connectivity index (χ0) is 11.6. The first-order valence-corrected chi connectivity index (χ1v) is 7.43. The molecule has 2 saturated carbocycles. The lowest BCUT2D eigenvalue weighted by molar-refractivity contribution is 0.173. The summed E-state index contributed by atoms with van der Waals surface area (Å²) >= 11 is 0. The average molecular weight is 223 g/mol. The summed E-state index contributed by atoms with van der Waals surface area (Å²) in [5.41, 5.74) is 0.653. The van der Waals surface area contributed by atoms with Crippen LogP contribution in [0.1, 0.15) is 65.7 Å². The molecule has 1 N–H and O–H groups in total. The fourth-order valence-corrected chi connectivity index (χ4v) is 3.64. The van der Waals surface area contributed by atoms with Crippen molar-refractivity contribution < 1.29 is 0 Å². The van der Waals surface area contributed by atoms with Gasteiger partial charge in [-0.2, -0.15) is 0 Å². The van der Waals surface area contributed by atoms with Crippen molar-refractivity contribution in [2.75, 3.05) is 6.54 Å². The maximum Gasteiger partial charge on any atom is 0.0149 e. The lowest BCUT2D eigenvalue weighted by Crippen LogP contribution is -2.43. The van der Waals surface area contributed by atoms with Crippen molar-refractivity contribution >= 4 is 0 Å². The van der Waals surface area contributed by atoms with Crippen molar-refractivity contribution in [2.24, 2.45) is 17.3 Å². The van der Waals surface area contributed by atoms with E-state index in [1.165, 1.54) is 44.9 Å². The molecule has 1 heteroatoms. The Labute approximate surface area is 101 Å². The van der Waals surface area contributed by atoms with Crippen LogP contribution in [0.2, 0.25) is 0 Å². The van der Waals surface area contributed by atoms with Gasteiger partial charge in [-0.25, -0.2) is 0 Å². The molecule has 1 atom stereocenters. The average Bonchev–Trinajstić information content (AvgIpc) is 3.05. The lowest BCUT2D eigenvalue weighted by Gasteiger charge is -2.37. The summed E-state index contributed by atoms with van der Waals surface area (Å²) in [6.45, 7) is 8.26. The van der Waals surface area contributed by atoms with Gasteiger partial charge in [0, 0.05) is 6.04 Å². The SMILES string of the molecule is CCNC(C1CCC(CC)CC1)C1(C)CC1. The van der Waals surface area contributed by atoms with E-state index in [1.54, 1.807) is 0 Å². The maximum absolute atomic E-state index is 3.79. The van der Waals surface area contributed by atoms with Gasteiger partial charge >= 0.3 is 0 Å². The molecule has 94 valence electrons. The van der Waals surface area contributed by atoms with E-state index in [9.17, 15) is 0 Å². The van der Waals surface area contributed by atoms with Gasteiger partial charge in [-0.05, 0) is 49.5 Å². The largest absolute Gasteiger partial charge is 0.313 e. The Kier molecular flexibility index (Phi) is 3.94.